The molecule has 0 radical (unpaired) electrons. The Bertz CT molecular complexity index is 239. The number of rotatable bonds is 1. The summed E-state index contributed by atoms with van der Waals surface area (Å²) in [6, 6.07) is 2.06. The average Bonchev–Trinajstić information content (AvgIpc) is 1.94. The van der Waals surface area contributed by atoms with Crippen molar-refractivity contribution in [3.63, 3.8) is 0 Å². The molecule has 1 nitrogen and oxygen atoms in total. The molecule has 0 aliphatic carbocycles. The quantitative estimate of drug-likeness (QED) is 0.416. The van der Waals surface area contributed by atoms with Gasteiger partial charge in [0.2, 0.25) is 0 Å². The Hall–Kier alpha value is 0.840. The molecule has 10 heavy (non-hydrogen) atoms. The molecule has 1 aromatic heterocycles. The minimum atomic E-state index is 0.859. The fraction of sp³-hybridized carbons (Fsp3) is 0.167. The predicted octanol–water partition coefficient (Wildman–Crippen LogP) is 3.34. The summed E-state index contributed by atoms with van der Waals surface area (Å²) in [4.78, 5) is 4.16. The van der Waals surface area contributed by atoms with E-state index < -0.39 is 0 Å². The largest absolute Gasteiger partial charge is 0.249 e. The van der Waals surface area contributed by atoms with Gasteiger partial charge in [-0.2, -0.15) is 0 Å². The SMILES string of the molecule is BrCc1cc(Br)cnc1I. The number of aromatic nitrogens is 1. The van der Waals surface area contributed by atoms with E-state index in [2.05, 4.69) is 65.5 Å². The van der Waals surface area contributed by atoms with Gasteiger partial charge in [0.05, 0.1) is 0 Å². The molecule has 0 spiro atoms. The van der Waals surface area contributed by atoms with Gasteiger partial charge in [0.15, 0.2) is 0 Å². The summed E-state index contributed by atoms with van der Waals surface area (Å²) in [5, 5.41) is 0.859. The molecule has 0 fully saturated rings. The van der Waals surface area contributed by atoms with E-state index in [1.165, 1.54) is 5.56 Å². The van der Waals surface area contributed by atoms with E-state index >= 15 is 0 Å². The summed E-state index contributed by atoms with van der Waals surface area (Å²) in [5.41, 5.74) is 1.22. The third-order valence-corrected chi connectivity index (χ3v) is 3.03. The minimum absolute atomic E-state index is 0.859. The van der Waals surface area contributed by atoms with E-state index in [-0.39, 0.29) is 0 Å². The molecular weight excluding hydrogens is 373 g/mol. The van der Waals surface area contributed by atoms with Crippen molar-refractivity contribution in [2.45, 2.75) is 5.33 Å². The van der Waals surface area contributed by atoms with E-state index in [4.69, 9.17) is 0 Å². The van der Waals surface area contributed by atoms with Gasteiger partial charge in [0.1, 0.15) is 3.70 Å². The molecule has 1 rings (SSSR count). The molecule has 1 heterocycles. The van der Waals surface area contributed by atoms with Gasteiger partial charge in [-0.25, -0.2) is 4.98 Å². The molecular formula is C6H4Br2IN. The monoisotopic (exact) mass is 375 g/mol. The number of pyridine rings is 1. The van der Waals surface area contributed by atoms with Gasteiger partial charge in [-0.05, 0) is 50.2 Å². The zero-order chi connectivity index (χ0) is 7.56. The lowest BCUT2D eigenvalue weighted by Crippen LogP contribution is -1.87. The molecule has 0 bridgehead atoms. The van der Waals surface area contributed by atoms with Crippen LogP contribution < -0.4 is 0 Å². The first-order valence-electron chi connectivity index (χ1n) is 2.60. The standard InChI is InChI=1S/C6H4Br2IN/c7-2-4-1-5(8)3-10-6(4)9/h1,3H,2H2. The summed E-state index contributed by atoms with van der Waals surface area (Å²) in [5.74, 6) is 0. The van der Waals surface area contributed by atoms with Crippen LogP contribution in [0.15, 0.2) is 16.7 Å². The van der Waals surface area contributed by atoms with Crippen molar-refractivity contribution in [2.24, 2.45) is 0 Å². The summed E-state index contributed by atoms with van der Waals surface area (Å²) in [6.45, 7) is 0. The van der Waals surface area contributed by atoms with Crippen LogP contribution in [0.5, 0.6) is 0 Å². The van der Waals surface area contributed by atoms with Crippen molar-refractivity contribution < 1.29 is 0 Å². The van der Waals surface area contributed by atoms with Crippen molar-refractivity contribution in [1.29, 1.82) is 0 Å². The van der Waals surface area contributed by atoms with Gasteiger partial charge in [-0.1, -0.05) is 15.9 Å². The Kier molecular flexibility index (Phi) is 3.59. The highest BCUT2D eigenvalue weighted by molar-refractivity contribution is 14.1. The van der Waals surface area contributed by atoms with Crippen LogP contribution in [0.2, 0.25) is 0 Å². The van der Waals surface area contributed by atoms with Crippen molar-refractivity contribution in [2.75, 3.05) is 0 Å². The van der Waals surface area contributed by atoms with Gasteiger partial charge in [-0.15, -0.1) is 0 Å². The molecule has 1 aromatic rings. The number of alkyl halides is 1. The van der Waals surface area contributed by atoms with E-state index in [1.807, 2.05) is 0 Å². The minimum Gasteiger partial charge on any atom is -0.249 e. The van der Waals surface area contributed by atoms with Crippen LogP contribution in [0.4, 0.5) is 0 Å². The van der Waals surface area contributed by atoms with Crippen LogP contribution >= 0.6 is 54.5 Å². The number of halogens is 3. The van der Waals surface area contributed by atoms with Crippen LogP contribution in [0.3, 0.4) is 0 Å². The Morgan fingerprint density at radius 1 is 1.60 bits per heavy atom. The zero-order valence-electron chi connectivity index (χ0n) is 4.94. The lowest BCUT2D eigenvalue weighted by molar-refractivity contribution is 1.19. The maximum Gasteiger partial charge on any atom is 0.105 e. The zero-order valence-corrected chi connectivity index (χ0v) is 10.3. The van der Waals surface area contributed by atoms with Crippen LogP contribution in [-0.4, -0.2) is 4.98 Å². The summed E-state index contributed by atoms with van der Waals surface area (Å²) < 4.78 is 2.08. The smallest absolute Gasteiger partial charge is 0.105 e. The Morgan fingerprint density at radius 3 is 2.80 bits per heavy atom. The van der Waals surface area contributed by atoms with Gasteiger partial charge >= 0.3 is 0 Å². The van der Waals surface area contributed by atoms with E-state index in [9.17, 15) is 0 Å². The maximum absolute atomic E-state index is 4.16. The second-order valence-corrected chi connectivity index (χ2v) is 4.24. The van der Waals surface area contributed by atoms with Crippen LogP contribution in [-0.2, 0) is 5.33 Å². The summed E-state index contributed by atoms with van der Waals surface area (Å²) >= 11 is 8.94. The third kappa shape index (κ3) is 2.17. The topological polar surface area (TPSA) is 12.9 Å². The highest BCUT2D eigenvalue weighted by Crippen LogP contribution is 2.17. The summed E-state index contributed by atoms with van der Waals surface area (Å²) in [6.07, 6.45) is 1.80. The first-order chi connectivity index (χ1) is 4.74. The van der Waals surface area contributed by atoms with Gasteiger partial charge in [-0.3, -0.25) is 0 Å². The van der Waals surface area contributed by atoms with Gasteiger partial charge in [0, 0.05) is 16.0 Å². The van der Waals surface area contributed by atoms with Crippen LogP contribution in [0.25, 0.3) is 0 Å². The number of hydrogen-bond donors (Lipinski definition) is 0. The second kappa shape index (κ2) is 4.01. The predicted molar refractivity (Wildman–Crippen MR) is 57.3 cm³/mol. The number of hydrogen-bond acceptors (Lipinski definition) is 1. The van der Waals surface area contributed by atoms with Crippen LogP contribution in [0, 0.1) is 3.70 Å². The second-order valence-electron chi connectivity index (χ2n) is 1.74. The Labute approximate surface area is 90.0 Å². The van der Waals surface area contributed by atoms with Crippen molar-refractivity contribution >= 4 is 54.5 Å². The van der Waals surface area contributed by atoms with Crippen molar-refractivity contribution in [3.8, 4) is 0 Å². The molecule has 0 aromatic carbocycles. The molecule has 0 aliphatic rings. The van der Waals surface area contributed by atoms with E-state index in [1.54, 1.807) is 6.20 Å². The van der Waals surface area contributed by atoms with E-state index in [0.29, 0.717) is 0 Å². The number of nitrogens with zero attached hydrogens (tertiary/aromatic N) is 1. The molecule has 0 saturated heterocycles. The fourth-order valence-corrected chi connectivity index (χ4v) is 2.37. The van der Waals surface area contributed by atoms with Gasteiger partial charge < -0.3 is 0 Å². The molecule has 0 amide bonds. The normalized spacial score (nSPS) is 9.90. The Morgan fingerprint density at radius 2 is 2.30 bits per heavy atom. The highest BCUT2D eigenvalue weighted by Gasteiger charge is 1.98. The van der Waals surface area contributed by atoms with Crippen LogP contribution in [0.1, 0.15) is 5.56 Å². The Balaban J connectivity index is 3.09. The first kappa shape index (κ1) is 8.93. The molecule has 0 N–H and O–H groups in total. The maximum atomic E-state index is 4.16. The van der Waals surface area contributed by atoms with Crippen molar-refractivity contribution in [3.05, 3.63) is 26.0 Å². The molecule has 0 saturated carbocycles. The lowest BCUT2D eigenvalue weighted by atomic mass is 10.3. The molecule has 0 aliphatic heterocycles. The fourth-order valence-electron chi connectivity index (χ4n) is 0.558. The molecule has 0 atom stereocenters. The summed E-state index contributed by atoms with van der Waals surface area (Å²) in [7, 11) is 0. The molecule has 54 valence electrons. The molecule has 4 heteroatoms. The van der Waals surface area contributed by atoms with Gasteiger partial charge in [0.25, 0.3) is 0 Å². The first-order valence-corrected chi connectivity index (χ1v) is 5.59. The van der Waals surface area contributed by atoms with Crippen molar-refractivity contribution in [1.82, 2.24) is 4.98 Å². The average molecular weight is 377 g/mol. The third-order valence-electron chi connectivity index (χ3n) is 1.02. The highest BCUT2D eigenvalue weighted by atomic mass is 127. The van der Waals surface area contributed by atoms with E-state index in [0.717, 1.165) is 13.5 Å². The molecule has 0 unspecified atom stereocenters. The lowest BCUT2D eigenvalue weighted by Gasteiger charge is -1.97.